The van der Waals surface area contributed by atoms with Gasteiger partial charge in [0, 0.05) is 11.8 Å². The highest BCUT2D eigenvalue weighted by atomic mass is 16.5. The second-order valence-electron chi connectivity index (χ2n) is 6.88. The van der Waals surface area contributed by atoms with E-state index in [2.05, 4.69) is 26.4 Å². The quantitative estimate of drug-likeness (QED) is 0.739. The van der Waals surface area contributed by atoms with Gasteiger partial charge in [-0.25, -0.2) is 0 Å². The molecule has 27 heavy (non-hydrogen) atoms. The average Bonchev–Trinajstić information content (AvgIpc) is 3.27. The van der Waals surface area contributed by atoms with Gasteiger partial charge < -0.3 is 24.6 Å². The third-order valence-corrected chi connectivity index (χ3v) is 5.29. The molecule has 2 atom stereocenters. The van der Waals surface area contributed by atoms with Crippen molar-refractivity contribution in [3.8, 4) is 16.9 Å². The van der Waals surface area contributed by atoms with Gasteiger partial charge in [0.2, 0.25) is 0 Å². The number of rotatable bonds is 3. The Kier molecular flexibility index (Phi) is 3.58. The molecule has 7 nitrogen and oxygen atoms in total. The highest BCUT2D eigenvalue weighted by molar-refractivity contribution is 5.91. The summed E-state index contributed by atoms with van der Waals surface area (Å²) in [4.78, 5) is 6.73. The van der Waals surface area contributed by atoms with Crippen molar-refractivity contribution in [3.63, 3.8) is 0 Å². The third kappa shape index (κ3) is 2.31. The fourth-order valence-corrected chi connectivity index (χ4v) is 4.12. The first-order chi connectivity index (χ1) is 13.2. The number of aliphatic hydroxyl groups is 1. The van der Waals surface area contributed by atoms with Crippen molar-refractivity contribution < 1.29 is 14.4 Å². The summed E-state index contributed by atoms with van der Waals surface area (Å²) >= 11 is 0. The van der Waals surface area contributed by atoms with Gasteiger partial charge in [0.1, 0.15) is 23.6 Å². The Hall–Kier alpha value is -3.06. The van der Waals surface area contributed by atoms with E-state index in [4.69, 9.17) is 9.26 Å². The highest BCUT2D eigenvalue weighted by Gasteiger charge is 2.42. The van der Waals surface area contributed by atoms with Crippen LogP contribution in [0.1, 0.15) is 23.2 Å². The number of nitrogens with one attached hydrogen (secondary N) is 1. The Bertz CT molecular complexity index is 982. The Morgan fingerprint density at radius 2 is 2.15 bits per heavy atom. The molecule has 138 valence electrons. The molecule has 2 aliphatic heterocycles. The van der Waals surface area contributed by atoms with Crippen LogP contribution in [0.15, 0.2) is 41.1 Å². The number of ether oxygens (including phenoxy) is 1. The number of aliphatic hydroxyl groups excluding tert-OH is 1. The molecule has 2 unspecified atom stereocenters. The molecule has 0 saturated carbocycles. The molecule has 2 N–H and O–H groups in total. The summed E-state index contributed by atoms with van der Waals surface area (Å²) in [6, 6.07) is 9.72. The molecule has 4 heterocycles. The second kappa shape index (κ2) is 5.99. The van der Waals surface area contributed by atoms with E-state index in [1.807, 2.05) is 38.1 Å². The lowest BCUT2D eigenvalue weighted by Crippen LogP contribution is -2.45. The van der Waals surface area contributed by atoms with Gasteiger partial charge in [-0.15, -0.1) is 0 Å². The van der Waals surface area contributed by atoms with Crippen LogP contribution in [0.5, 0.6) is 5.75 Å². The topological polar surface area (TPSA) is 83.7 Å². The van der Waals surface area contributed by atoms with E-state index in [1.165, 1.54) is 0 Å². The van der Waals surface area contributed by atoms with Crippen molar-refractivity contribution in [2.45, 2.75) is 26.0 Å². The van der Waals surface area contributed by atoms with Crippen LogP contribution < -0.4 is 15.0 Å². The van der Waals surface area contributed by atoms with Crippen molar-refractivity contribution in [3.05, 3.63) is 53.7 Å². The summed E-state index contributed by atoms with van der Waals surface area (Å²) < 4.78 is 11.7. The summed E-state index contributed by atoms with van der Waals surface area (Å²) in [5.41, 5.74) is 5.56. The minimum atomic E-state index is -0.429. The lowest BCUT2D eigenvalue weighted by atomic mass is 9.97. The average molecular weight is 364 g/mol. The molecule has 0 fully saturated rings. The molecule has 0 spiro atoms. The molecule has 0 bridgehead atoms. The maximum absolute atomic E-state index is 10.1. The zero-order valence-corrected chi connectivity index (χ0v) is 15.1. The second-order valence-corrected chi connectivity index (χ2v) is 6.88. The lowest BCUT2D eigenvalue weighted by Gasteiger charge is -2.40. The van der Waals surface area contributed by atoms with E-state index in [-0.39, 0.29) is 12.6 Å². The number of pyridine rings is 1. The van der Waals surface area contributed by atoms with Crippen LogP contribution in [0, 0.1) is 13.8 Å². The molecule has 5 rings (SSSR count). The van der Waals surface area contributed by atoms with E-state index in [0.717, 1.165) is 45.4 Å². The number of nitrogens with zero attached hydrogens (tertiary/aromatic N) is 3. The summed E-state index contributed by atoms with van der Waals surface area (Å²) in [5.74, 6) is 1.50. The Balaban J connectivity index is 1.70. The Morgan fingerprint density at radius 3 is 2.85 bits per heavy atom. The van der Waals surface area contributed by atoms with Crippen LogP contribution in [0.25, 0.3) is 11.1 Å². The summed E-state index contributed by atoms with van der Waals surface area (Å²) in [6.07, 6.45) is 1.34. The first-order valence-electron chi connectivity index (χ1n) is 8.98. The fourth-order valence-electron chi connectivity index (χ4n) is 4.12. The maximum atomic E-state index is 10.1. The van der Waals surface area contributed by atoms with Crippen molar-refractivity contribution >= 4 is 11.4 Å². The van der Waals surface area contributed by atoms with Gasteiger partial charge >= 0.3 is 0 Å². The molecule has 0 aliphatic carbocycles. The van der Waals surface area contributed by atoms with Gasteiger partial charge in [-0.2, -0.15) is 0 Å². The van der Waals surface area contributed by atoms with E-state index in [1.54, 1.807) is 6.20 Å². The monoisotopic (exact) mass is 364 g/mol. The molecular formula is C20H20N4O3. The first-order valence-corrected chi connectivity index (χ1v) is 8.98. The molecule has 2 aromatic heterocycles. The summed E-state index contributed by atoms with van der Waals surface area (Å²) in [6.45, 7) is 4.34. The largest absolute Gasteiger partial charge is 0.483 e. The molecule has 7 heteroatoms. The highest BCUT2D eigenvalue weighted by Crippen LogP contribution is 2.53. The van der Waals surface area contributed by atoms with Gasteiger partial charge in [-0.1, -0.05) is 11.2 Å². The Morgan fingerprint density at radius 1 is 1.26 bits per heavy atom. The van der Waals surface area contributed by atoms with E-state index in [9.17, 15) is 5.11 Å². The van der Waals surface area contributed by atoms with E-state index < -0.39 is 6.10 Å². The van der Waals surface area contributed by atoms with Gasteiger partial charge in [-0.05, 0) is 38.1 Å². The zero-order valence-electron chi connectivity index (χ0n) is 15.1. The van der Waals surface area contributed by atoms with Crippen molar-refractivity contribution in [1.29, 1.82) is 0 Å². The smallest absolute Gasteiger partial charge is 0.153 e. The van der Waals surface area contributed by atoms with Crippen molar-refractivity contribution in [1.82, 2.24) is 10.1 Å². The van der Waals surface area contributed by atoms with Crippen LogP contribution in [0.2, 0.25) is 0 Å². The zero-order chi connectivity index (χ0) is 18.5. The van der Waals surface area contributed by atoms with Crippen molar-refractivity contribution in [2.24, 2.45) is 0 Å². The molecule has 1 aromatic carbocycles. The van der Waals surface area contributed by atoms with E-state index in [0.29, 0.717) is 6.67 Å². The third-order valence-electron chi connectivity index (χ3n) is 5.29. The predicted molar refractivity (Wildman–Crippen MR) is 101 cm³/mol. The van der Waals surface area contributed by atoms with Crippen LogP contribution >= 0.6 is 0 Å². The summed E-state index contributed by atoms with van der Waals surface area (Å²) in [5, 5.41) is 17.6. The fraction of sp³-hybridized carbons (Fsp3) is 0.300. The molecule has 0 radical (unpaired) electrons. The van der Waals surface area contributed by atoms with Gasteiger partial charge in [0.25, 0.3) is 0 Å². The van der Waals surface area contributed by atoms with Gasteiger partial charge in [0.15, 0.2) is 5.75 Å². The minimum Gasteiger partial charge on any atom is -0.483 e. The maximum Gasteiger partial charge on any atom is 0.153 e. The molecule has 0 saturated heterocycles. The molecule has 3 aromatic rings. The number of hydrogen-bond acceptors (Lipinski definition) is 7. The van der Waals surface area contributed by atoms with Crippen LogP contribution in [0.4, 0.5) is 11.4 Å². The van der Waals surface area contributed by atoms with Crippen LogP contribution in [0.3, 0.4) is 0 Å². The lowest BCUT2D eigenvalue weighted by molar-refractivity contribution is 0.0827. The number of hydrogen-bond donors (Lipinski definition) is 2. The van der Waals surface area contributed by atoms with Crippen LogP contribution in [-0.2, 0) is 0 Å². The van der Waals surface area contributed by atoms with Gasteiger partial charge in [-0.3, -0.25) is 4.98 Å². The van der Waals surface area contributed by atoms with Crippen LogP contribution in [-0.4, -0.2) is 34.6 Å². The van der Waals surface area contributed by atoms with E-state index >= 15 is 0 Å². The normalized spacial score (nSPS) is 20.2. The standard InChI is InChI=1S/C20H20N4O3/c1-11-17(12(2)27-23-11)13-6-7-15-19-20(13)26-16(9-25)18(24(19)10-22-15)14-5-3-4-8-21-14/h3-8,16,18,22,25H,9-10H2,1-2H3. The predicted octanol–water partition coefficient (Wildman–Crippen LogP) is 3.04. The number of anilines is 2. The van der Waals surface area contributed by atoms with Crippen molar-refractivity contribution in [2.75, 3.05) is 23.5 Å². The first kappa shape index (κ1) is 16.1. The van der Waals surface area contributed by atoms with Gasteiger partial charge in [0.05, 0.1) is 35.9 Å². The number of aryl methyl sites for hydroxylation is 2. The minimum absolute atomic E-state index is 0.109. The Labute approximate surface area is 156 Å². The number of benzene rings is 1. The number of aromatic nitrogens is 2. The molecule has 2 aliphatic rings. The molecular weight excluding hydrogens is 344 g/mol. The summed E-state index contributed by atoms with van der Waals surface area (Å²) in [7, 11) is 0. The molecule has 0 amide bonds. The SMILES string of the molecule is Cc1noc(C)c1-c1ccc2c3c1OC(CO)C(c1ccccn1)N3CN2.